The van der Waals surface area contributed by atoms with Gasteiger partial charge >= 0.3 is 0 Å². The SMILES string of the molecule is CCN(CC)CCCNC(=O)c1ccc(-c2cccc(CN(C)C(=O)CN)c2)cc1. The van der Waals surface area contributed by atoms with Crippen molar-refractivity contribution in [3.8, 4) is 11.1 Å². The first kappa shape index (κ1) is 23.6. The summed E-state index contributed by atoms with van der Waals surface area (Å²) in [6.07, 6.45) is 0.944. The molecule has 0 unspecified atom stereocenters. The lowest BCUT2D eigenvalue weighted by Crippen LogP contribution is -2.32. The van der Waals surface area contributed by atoms with E-state index in [4.69, 9.17) is 5.73 Å². The zero-order chi connectivity index (χ0) is 21.9. The van der Waals surface area contributed by atoms with Crippen molar-refractivity contribution >= 4 is 11.8 Å². The number of benzene rings is 2. The molecule has 0 saturated heterocycles. The van der Waals surface area contributed by atoms with E-state index in [1.165, 1.54) is 0 Å². The Morgan fingerprint density at radius 3 is 2.33 bits per heavy atom. The number of amides is 2. The summed E-state index contributed by atoms with van der Waals surface area (Å²) in [7, 11) is 1.75. The Hall–Kier alpha value is -2.70. The summed E-state index contributed by atoms with van der Waals surface area (Å²) in [5.74, 6) is -0.135. The molecule has 0 spiro atoms. The first-order valence-corrected chi connectivity index (χ1v) is 10.6. The first-order chi connectivity index (χ1) is 14.5. The fourth-order valence-electron chi connectivity index (χ4n) is 3.33. The minimum absolute atomic E-state index is 0.00911. The molecule has 2 amide bonds. The number of rotatable bonds is 11. The third kappa shape index (κ3) is 6.97. The number of nitrogens with two attached hydrogens (primary N) is 1. The second-order valence-corrected chi connectivity index (χ2v) is 7.37. The molecule has 0 atom stereocenters. The molecule has 0 aliphatic rings. The van der Waals surface area contributed by atoms with Gasteiger partial charge in [0.05, 0.1) is 6.54 Å². The molecule has 0 bridgehead atoms. The molecular formula is C24H34N4O2. The van der Waals surface area contributed by atoms with E-state index >= 15 is 0 Å². The van der Waals surface area contributed by atoms with E-state index in [0.717, 1.165) is 42.7 Å². The van der Waals surface area contributed by atoms with Crippen LogP contribution in [0.5, 0.6) is 0 Å². The van der Waals surface area contributed by atoms with Gasteiger partial charge in [-0.05, 0) is 60.9 Å². The minimum atomic E-state index is -0.0899. The Kier molecular flexibility index (Phi) is 9.51. The van der Waals surface area contributed by atoms with Crippen LogP contribution in [0.4, 0.5) is 0 Å². The fraction of sp³-hybridized carbons (Fsp3) is 0.417. The first-order valence-electron chi connectivity index (χ1n) is 10.6. The fourth-order valence-corrected chi connectivity index (χ4v) is 3.33. The van der Waals surface area contributed by atoms with Crippen molar-refractivity contribution in [1.29, 1.82) is 0 Å². The molecule has 2 aromatic rings. The van der Waals surface area contributed by atoms with Crippen molar-refractivity contribution in [3.05, 3.63) is 59.7 Å². The number of hydrogen-bond donors (Lipinski definition) is 2. The van der Waals surface area contributed by atoms with Crippen LogP contribution in [-0.2, 0) is 11.3 Å². The van der Waals surface area contributed by atoms with Crippen LogP contribution in [0.1, 0.15) is 36.2 Å². The maximum atomic E-state index is 12.4. The molecule has 0 aromatic heterocycles. The van der Waals surface area contributed by atoms with Gasteiger partial charge in [0.2, 0.25) is 5.91 Å². The molecule has 0 saturated carbocycles. The van der Waals surface area contributed by atoms with Crippen molar-refractivity contribution in [2.45, 2.75) is 26.8 Å². The quantitative estimate of drug-likeness (QED) is 0.559. The largest absolute Gasteiger partial charge is 0.352 e. The maximum absolute atomic E-state index is 12.4. The average molecular weight is 411 g/mol. The molecule has 2 aromatic carbocycles. The zero-order valence-corrected chi connectivity index (χ0v) is 18.4. The van der Waals surface area contributed by atoms with E-state index in [-0.39, 0.29) is 18.4 Å². The van der Waals surface area contributed by atoms with Crippen molar-refractivity contribution in [2.24, 2.45) is 5.73 Å². The summed E-state index contributed by atoms with van der Waals surface area (Å²) in [5.41, 5.74) is 9.20. The highest BCUT2D eigenvalue weighted by Crippen LogP contribution is 2.21. The molecule has 0 aliphatic carbocycles. The molecule has 0 heterocycles. The van der Waals surface area contributed by atoms with Crippen LogP contribution >= 0.6 is 0 Å². The lowest BCUT2D eigenvalue weighted by Gasteiger charge is -2.17. The van der Waals surface area contributed by atoms with Gasteiger partial charge in [-0.25, -0.2) is 0 Å². The number of hydrogen-bond acceptors (Lipinski definition) is 4. The molecule has 30 heavy (non-hydrogen) atoms. The second kappa shape index (κ2) is 12.1. The second-order valence-electron chi connectivity index (χ2n) is 7.37. The van der Waals surface area contributed by atoms with Crippen LogP contribution in [0.3, 0.4) is 0 Å². The number of likely N-dealkylation sites (N-methyl/N-ethyl adjacent to an activating group) is 1. The van der Waals surface area contributed by atoms with Crippen LogP contribution in [0, 0.1) is 0 Å². The lowest BCUT2D eigenvalue weighted by atomic mass is 10.0. The molecule has 6 heteroatoms. The van der Waals surface area contributed by atoms with Crippen molar-refractivity contribution < 1.29 is 9.59 Å². The topological polar surface area (TPSA) is 78.7 Å². The molecule has 2 rings (SSSR count). The average Bonchev–Trinajstić information content (AvgIpc) is 2.78. The van der Waals surface area contributed by atoms with Crippen molar-refractivity contribution in [1.82, 2.24) is 15.1 Å². The molecule has 162 valence electrons. The van der Waals surface area contributed by atoms with Gasteiger partial charge in [-0.1, -0.05) is 44.2 Å². The van der Waals surface area contributed by atoms with E-state index in [2.05, 4.69) is 30.1 Å². The van der Waals surface area contributed by atoms with E-state index in [1.807, 2.05) is 42.5 Å². The molecular weight excluding hydrogens is 376 g/mol. The smallest absolute Gasteiger partial charge is 0.251 e. The van der Waals surface area contributed by atoms with E-state index in [0.29, 0.717) is 18.7 Å². The van der Waals surface area contributed by atoms with Crippen LogP contribution < -0.4 is 11.1 Å². The van der Waals surface area contributed by atoms with Crippen molar-refractivity contribution in [3.63, 3.8) is 0 Å². The molecule has 0 fully saturated rings. The summed E-state index contributed by atoms with van der Waals surface area (Å²) in [6.45, 7) is 8.56. The van der Waals surface area contributed by atoms with Gasteiger partial charge < -0.3 is 20.9 Å². The Balaban J connectivity index is 1.94. The summed E-state index contributed by atoms with van der Waals surface area (Å²) in [5, 5.41) is 3.00. The summed E-state index contributed by atoms with van der Waals surface area (Å²) in [4.78, 5) is 28.0. The Morgan fingerprint density at radius 1 is 1.00 bits per heavy atom. The number of carbonyl (C=O) groups excluding carboxylic acids is 2. The van der Waals surface area contributed by atoms with Gasteiger partial charge in [-0.2, -0.15) is 0 Å². The van der Waals surface area contributed by atoms with E-state index < -0.39 is 0 Å². The third-order valence-corrected chi connectivity index (χ3v) is 5.26. The third-order valence-electron chi connectivity index (χ3n) is 5.26. The molecule has 0 radical (unpaired) electrons. The Labute approximate surface area is 180 Å². The molecule has 6 nitrogen and oxygen atoms in total. The summed E-state index contributed by atoms with van der Waals surface area (Å²) < 4.78 is 0. The molecule has 0 aliphatic heterocycles. The monoisotopic (exact) mass is 410 g/mol. The molecule has 3 N–H and O–H groups in total. The predicted molar refractivity (Wildman–Crippen MR) is 122 cm³/mol. The van der Waals surface area contributed by atoms with E-state index in [1.54, 1.807) is 11.9 Å². The lowest BCUT2D eigenvalue weighted by molar-refractivity contribution is -0.128. The number of nitrogens with one attached hydrogen (secondary N) is 1. The highest BCUT2D eigenvalue weighted by Gasteiger charge is 2.09. The minimum Gasteiger partial charge on any atom is -0.352 e. The summed E-state index contributed by atoms with van der Waals surface area (Å²) >= 11 is 0. The number of nitrogens with zero attached hydrogens (tertiary/aromatic N) is 2. The van der Waals surface area contributed by atoms with Crippen LogP contribution in [0.25, 0.3) is 11.1 Å². The van der Waals surface area contributed by atoms with Crippen molar-refractivity contribution in [2.75, 3.05) is 39.8 Å². The van der Waals surface area contributed by atoms with Gasteiger partial charge in [0.15, 0.2) is 0 Å². The Bertz CT molecular complexity index is 816. The highest BCUT2D eigenvalue weighted by atomic mass is 16.2. The van der Waals surface area contributed by atoms with E-state index in [9.17, 15) is 9.59 Å². The van der Waals surface area contributed by atoms with Crippen LogP contribution in [0.2, 0.25) is 0 Å². The van der Waals surface area contributed by atoms with Gasteiger partial charge in [0.1, 0.15) is 0 Å². The van der Waals surface area contributed by atoms with Gasteiger partial charge in [0, 0.05) is 25.7 Å². The highest BCUT2D eigenvalue weighted by molar-refractivity contribution is 5.94. The summed E-state index contributed by atoms with van der Waals surface area (Å²) in [6, 6.07) is 15.7. The maximum Gasteiger partial charge on any atom is 0.251 e. The Morgan fingerprint density at radius 2 is 1.70 bits per heavy atom. The number of carbonyl (C=O) groups is 2. The zero-order valence-electron chi connectivity index (χ0n) is 18.4. The van der Waals surface area contributed by atoms with Crippen LogP contribution in [-0.4, -0.2) is 61.4 Å². The predicted octanol–water partition coefficient (Wildman–Crippen LogP) is 2.73. The standard InChI is InChI=1S/C24H34N4O2/c1-4-28(5-2)15-7-14-26-24(30)21-12-10-20(11-13-21)22-9-6-8-19(16-22)18-27(3)23(29)17-25/h6,8-13,16H,4-5,7,14-15,17-18,25H2,1-3H3,(H,26,30). The van der Waals surface area contributed by atoms with Crippen LogP contribution in [0.15, 0.2) is 48.5 Å². The van der Waals surface area contributed by atoms with Gasteiger partial charge in [-0.3, -0.25) is 9.59 Å². The van der Waals surface area contributed by atoms with Gasteiger partial charge in [0.25, 0.3) is 5.91 Å². The van der Waals surface area contributed by atoms with Gasteiger partial charge in [-0.15, -0.1) is 0 Å². The normalized spacial score (nSPS) is 10.8.